The fourth-order valence-electron chi connectivity index (χ4n) is 1.86. The maximum Gasteiger partial charge on any atom is 0.274 e. The summed E-state index contributed by atoms with van der Waals surface area (Å²) < 4.78 is 4.96. The first-order valence-electron chi connectivity index (χ1n) is 6.21. The van der Waals surface area contributed by atoms with Crippen molar-refractivity contribution in [2.45, 2.75) is 13.0 Å². The van der Waals surface area contributed by atoms with Crippen LogP contribution >= 0.6 is 0 Å². The van der Waals surface area contributed by atoms with E-state index < -0.39 is 5.91 Å². The average molecular weight is 272 g/mol. The maximum atomic E-state index is 12.1. The third kappa shape index (κ3) is 2.88. The summed E-state index contributed by atoms with van der Waals surface area (Å²) in [4.78, 5) is 16.0. The van der Waals surface area contributed by atoms with Gasteiger partial charge in [-0.3, -0.25) is 4.79 Å². The van der Waals surface area contributed by atoms with Gasteiger partial charge in [0.05, 0.1) is 13.2 Å². The quantitative estimate of drug-likeness (QED) is 0.895. The van der Waals surface area contributed by atoms with Crippen LogP contribution in [0.2, 0.25) is 0 Å². The number of benzene rings is 1. The van der Waals surface area contributed by atoms with Gasteiger partial charge in [-0.15, -0.1) is 0 Å². The summed E-state index contributed by atoms with van der Waals surface area (Å²) in [5.74, 6) is -0.483. The highest BCUT2D eigenvalue weighted by Gasteiger charge is 2.18. The van der Waals surface area contributed by atoms with Gasteiger partial charge in [0.25, 0.3) is 5.91 Å². The first-order chi connectivity index (χ1) is 9.63. The van der Waals surface area contributed by atoms with Gasteiger partial charge in [0.2, 0.25) is 0 Å². The third-order valence-electron chi connectivity index (χ3n) is 2.97. The van der Waals surface area contributed by atoms with E-state index in [0.717, 1.165) is 5.56 Å². The lowest BCUT2D eigenvalue weighted by atomic mass is 10.1. The Balaban J connectivity index is 2.17. The van der Waals surface area contributed by atoms with E-state index >= 15 is 0 Å². The van der Waals surface area contributed by atoms with Crippen molar-refractivity contribution in [1.29, 1.82) is 0 Å². The Morgan fingerprint density at radius 3 is 2.65 bits per heavy atom. The molecule has 0 aliphatic rings. The molecule has 1 aromatic carbocycles. The van der Waals surface area contributed by atoms with E-state index in [1.54, 1.807) is 0 Å². The van der Waals surface area contributed by atoms with Crippen LogP contribution < -0.4 is 10.1 Å². The standard InChI is InChI=1S/C15H16N2O3/c1-10(11-6-4-3-5-7-11)17-15(19)13-14(18)12(20-2)8-9-16-13/h3-10,18H,1-2H3,(H,17,19). The molecule has 1 unspecified atom stereocenters. The topological polar surface area (TPSA) is 71.5 Å². The zero-order valence-corrected chi connectivity index (χ0v) is 11.3. The molecule has 0 aliphatic heterocycles. The number of amides is 1. The SMILES string of the molecule is COc1ccnc(C(=O)NC(C)c2ccccc2)c1O. The summed E-state index contributed by atoms with van der Waals surface area (Å²) in [5.41, 5.74) is 0.926. The predicted molar refractivity (Wildman–Crippen MR) is 74.8 cm³/mol. The van der Waals surface area contributed by atoms with Gasteiger partial charge in [0, 0.05) is 12.3 Å². The Hall–Kier alpha value is -2.56. The number of aromatic hydroxyl groups is 1. The third-order valence-corrected chi connectivity index (χ3v) is 2.97. The van der Waals surface area contributed by atoms with E-state index in [0.29, 0.717) is 0 Å². The van der Waals surface area contributed by atoms with E-state index in [2.05, 4.69) is 10.3 Å². The molecule has 2 rings (SSSR count). The molecule has 0 aliphatic carbocycles. The van der Waals surface area contributed by atoms with Gasteiger partial charge in [0.1, 0.15) is 0 Å². The molecule has 20 heavy (non-hydrogen) atoms. The highest BCUT2D eigenvalue weighted by atomic mass is 16.5. The lowest BCUT2D eigenvalue weighted by Crippen LogP contribution is -2.27. The molecule has 1 aromatic heterocycles. The number of methoxy groups -OCH3 is 1. The van der Waals surface area contributed by atoms with E-state index in [4.69, 9.17) is 4.74 Å². The van der Waals surface area contributed by atoms with Crippen LogP contribution in [0.4, 0.5) is 0 Å². The van der Waals surface area contributed by atoms with Crippen molar-refractivity contribution >= 4 is 5.91 Å². The van der Waals surface area contributed by atoms with Gasteiger partial charge < -0.3 is 15.2 Å². The molecule has 0 fully saturated rings. The van der Waals surface area contributed by atoms with Gasteiger partial charge >= 0.3 is 0 Å². The Labute approximate surface area is 117 Å². The van der Waals surface area contributed by atoms with Crippen molar-refractivity contribution in [3.8, 4) is 11.5 Å². The Morgan fingerprint density at radius 2 is 2.00 bits per heavy atom. The first kappa shape index (κ1) is 13.9. The number of carbonyl (C=O) groups excluding carboxylic acids is 1. The number of ether oxygens (including phenoxy) is 1. The van der Waals surface area contributed by atoms with Crippen molar-refractivity contribution in [2.24, 2.45) is 0 Å². The second-order valence-electron chi connectivity index (χ2n) is 4.32. The Kier molecular flexibility index (Phi) is 4.20. The van der Waals surface area contributed by atoms with E-state index in [-0.39, 0.29) is 23.2 Å². The molecule has 1 amide bonds. The minimum atomic E-state index is -0.447. The van der Waals surface area contributed by atoms with Gasteiger partial charge in [-0.1, -0.05) is 30.3 Å². The van der Waals surface area contributed by atoms with Crippen molar-refractivity contribution in [1.82, 2.24) is 10.3 Å². The molecule has 1 atom stereocenters. The summed E-state index contributed by atoms with van der Waals surface area (Å²) in [6, 6.07) is 10.9. The molecule has 0 bridgehead atoms. The molecule has 2 N–H and O–H groups in total. The fourth-order valence-corrected chi connectivity index (χ4v) is 1.86. The lowest BCUT2D eigenvalue weighted by Gasteiger charge is -2.14. The number of aromatic nitrogens is 1. The molecule has 2 aromatic rings. The molecule has 0 radical (unpaired) electrons. The number of hydrogen-bond acceptors (Lipinski definition) is 4. The van der Waals surface area contributed by atoms with Crippen LogP contribution in [0.3, 0.4) is 0 Å². The van der Waals surface area contributed by atoms with E-state index in [1.807, 2.05) is 37.3 Å². The molecule has 5 nitrogen and oxygen atoms in total. The Bertz CT molecular complexity index is 599. The average Bonchev–Trinajstić information content (AvgIpc) is 2.48. The molecule has 0 saturated heterocycles. The van der Waals surface area contributed by atoms with Gasteiger partial charge in [-0.05, 0) is 12.5 Å². The summed E-state index contributed by atoms with van der Waals surface area (Å²) >= 11 is 0. The van der Waals surface area contributed by atoms with Crippen molar-refractivity contribution < 1.29 is 14.6 Å². The van der Waals surface area contributed by atoms with Gasteiger partial charge in [0.15, 0.2) is 17.2 Å². The van der Waals surface area contributed by atoms with Gasteiger partial charge in [-0.2, -0.15) is 0 Å². The minimum absolute atomic E-state index is 0.0490. The second kappa shape index (κ2) is 6.06. The van der Waals surface area contributed by atoms with Crippen LogP contribution in [0.1, 0.15) is 29.0 Å². The molecule has 1 heterocycles. The van der Waals surface area contributed by atoms with E-state index in [1.165, 1.54) is 19.4 Å². The van der Waals surface area contributed by atoms with Crippen LogP contribution in [0, 0.1) is 0 Å². The van der Waals surface area contributed by atoms with Crippen LogP contribution in [0.25, 0.3) is 0 Å². The highest BCUT2D eigenvalue weighted by Crippen LogP contribution is 2.27. The second-order valence-corrected chi connectivity index (χ2v) is 4.32. The predicted octanol–water partition coefficient (Wildman–Crippen LogP) is 2.29. The normalized spacial score (nSPS) is 11.7. The van der Waals surface area contributed by atoms with E-state index in [9.17, 15) is 9.90 Å². The smallest absolute Gasteiger partial charge is 0.274 e. The molecular formula is C15H16N2O3. The van der Waals surface area contributed by atoms with Crippen molar-refractivity contribution in [3.05, 3.63) is 53.9 Å². The van der Waals surface area contributed by atoms with Crippen LogP contribution in [0.5, 0.6) is 11.5 Å². The molecular weight excluding hydrogens is 256 g/mol. The van der Waals surface area contributed by atoms with Crippen molar-refractivity contribution in [3.63, 3.8) is 0 Å². The lowest BCUT2D eigenvalue weighted by molar-refractivity contribution is 0.0931. The molecule has 0 spiro atoms. The number of nitrogens with zero attached hydrogens (tertiary/aromatic N) is 1. The fraction of sp³-hybridized carbons (Fsp3) is 0.200. The number of nitrogens with one attached hydrogen (secondary N) is 1. The zero-order chi connectivity index (χ0) is 14.5. The number of rotatable bonds is 4. The summed E-state index contributed by atoms with van der Waals surface area (Å²) in [7, 11) is 1.42. The maximum absolute atomic E-state index is 12.1. The largest absolute Gasteiger partial charge is 0.503 e. The molecule has 104 valence electrons. The van der Waals surface area contributed by atoms with Crippen molar-refractivity contribution in [2.75, 3.05) is 7.11 Å². The summed E-state index contributed by atoms with van der Waals surface area (Å²) in [6.07, 6.45) is 1.42. The molecule has 0 saturated carbocycles. The van der Waals surface area contributed by atoms with Crippen LogP contribution in [0.15, 0.2) is 42.6 Å². The van der Waals surface area contributed by atoms with Gasteiger partial charge in [-0.25, -0.2) is 4.98 Å². The zero-order valence-electron chi connectivity index (χ0n) is 11.3. The van der Waals surface area contributed by atoms with Crippen LogP contribution in [-0.4, -0.2) is 23.1 Å². The minimum Gasteiger partial charge on any atom is -0.503 e. The number of hydrogen-bond donors (Lipinski definition) is 2. The van der Waals surface area contributed by atoms with Crippen LogP contribution in [-0.2, 0) is 0 Å². The highest BCUT2D eigenvalue weighted by molar-refractivity contribution is 5.95. The molecule has 5 heteroatoms. The monoisotopic (exact) mass is 272 g/mol. The summed E-state index contributed by atoms with van der Waals surface area (Å²) in [5, 5.41) is 12.7. The summed E-state index contributed by atoms with van der Waals surface area (Å²) in [6.45, 7) is 1.87. The Morgan fingerprint density at radius 1 is 1.30 bits per heavy atom. The first-order valence-corrected chi connectivity index (χ1v) is 6.21. The number of carbonyl (C=O) groups is 1. The number of pyridine rings is 1.